The lowest BCUT2D eigenvalue weighted by molar-refractivity contribution is -0.197. The van der Waals surface area contributed by atoms with Crippen LogP contribution in [0.5, 0.6) is 0 Å². The van der Waals surface area contributed by atoms with Crippen LogP contribution in [0.25, 0.3) is 0 Å². The number of esters is 2. The summed E-state index contributed by atoms with van der Waals surface area (Å²) >= 11 is 2.06. The minimum Gasteiger partial charge on any atom is -0.464 e. The molecule has 0 aliphatic carbocycles. The van der Waals surface area contributed by atoms with E-state index in [-0.39, 0.29) is 13.2 Å². The van der Waals surface area contributed by atoms with E-state index < -0.39 is 22.4 Å². The Morgan fingerprint density at radius 1 is 1.06 bits per heavy atom. The smallest absolute Gasteiger partial charge is 0.425 e. The van der Waals surface area contributed by atoms with Gasteiger partial charge in [-0.3, -0.25) is 0 Å². The van der Waals surface area contributed by atoms with Gasteiger partial charge in [-0.15, -0.1) is 0 Å². The van der Waals surface area contributed by atoms with Gasteiger partial charge in [0.15, 0.2) is 0 Å². The molecule has 0 aliphatic rings. The fourth-order valence-corrected chi connectivity index (χ4v) is 1.00. The molecule has 0 rings (SSSR count). The molecule has 0 bridgehead atoms. The van der Waals surface area contributed by atoms with E-state index in [2.05, 4.69) is 25.4 Å². The quantitative estimate of drug-likeness (QED) is 0.451. The lowest BCUT2D eigenvalue weighted by atomic mass is 10.1. The zero-order valence-corrected chi connectivity index (χ0v) is 10.1. The van der Waals surface area contributed by atoms with E-state index in [4.69, 9.17) is 0 Å². The standard InChI is InChI=1S/C8H10BrF3O4/c1-3-15-5(13)7(9,8(10,11)12)6(14)16-4-2/h3-4H2,1-2H3. The fourth-order valence-electron chi connectivity index (χ4n) is 0.776. The first-order valence-corrected chi connectivity index (χ1v) is 5.11. The average Bonchev–Trinajstić information content (AvgIpc) is 2.15. The number of rotatable bonds is 4. The summed E-state index contributed by atoms with van der Waals surface area (Å²) in [5.41, 5.74) is 0. The highest BCUT2D eigenvalue weighted by Crippen LogP contribution is 2.40. The van der Waals surface area contributed by atoms with Gasteiger partial charge in [0.25, 0.3) is 0 Å². The Kier molecular flexibility index (Phi) is 5.24. The summed E-state index contributed by atoms with van der Waals surface area (Å²) in [6, 6.07) is 0. The van der Waals surface area contributed by atoms with Crippen molar-refractivity contribution >= 4 is 27.9 Å². The third-order valence-electron chi connectivity index (χ3n) is 1.50. The summed E-state index contributed by atoms with van der Waals surface area (Å²) in [5.74, 6) is -3.47. The largest absolute Gasteiger partial charge is 0.464 e. The monoisotopic (exact) mass is 306 g/mol. The molecule has 0 saturated heterocycles. The van der Waals surface area contributed by atoms with Crippen LogP contribution < -0.4 is 0 Å². The number of ether oxygens (including phenoxy) is 2. The molecule has 0 radical (unpaired) electrons. The molecule has 0 aromatic heterocycles. The van der Waals surface area contributed by atoms with Gasteiger partial charge in [0.1, 0.15) is 0 Å². The van der Waals surface area contributed by atoms with Crippen molar-refractivity contribution in [1.82, 2.24) is 0 Å². The van der Waals surface area contributed by atoms with Crippen molar-refractivity contribution in [3.05, 3.63) is 0 Å². The number of carbonyl (C=O) groups is 2. The predicted octanol–water partition coefficient (Wildman–Crippen LogP) is 1.81. The first kappa shape index (κ1) is 15.2. The molecular formula is C8H10BrF3O4. The van der Waals surface area contributed by atoms with Crippen molar-refractivity contribution in [3.8, 4) is 0 Å². The van der Waals surface area contributed by atoms with Gasteiger partial charge in [0.2, 0.25) is 0 Å². The number of hydrogen-bond donors (Lipinski definition) is 0. The van der Waals surface area contributed by atoms with Gasteiger partial charge in [-0.2, -0.15) is 13.2 Å². The Morgan fingerprint density at radius 3 is 1.56 bits per heavy atom. The number of alkyl halides is 4. The molecule has 0 atom stereocenters. The maximum absolute atomic E-state index is 12.6. The second-order valence-corrected chi connectivity index (χ2v) is 3.79. The first-order chi connectivity index (χ1) is 7.21. The summed E-state index contributed by atoms with van der Waals surface area (Å²) < 4.78 is 42.7. The Bertz CT molecular complexity index is 259. The molecule has 94 valence electrons. The van der Waals surface area contributed by atoms with Crippen LogP contribution in [0.4, 0.5) is 13.2 Å². The molecule has 0 fully saturated rings. The van der Waals surface area contributed by atoms with E-state index >= 15 is 0 Å². The van der Waals surface area contributed by atoms with Gasteiger partial charge in [0.05, 0.1) is 13.2 Å². The Labute approximate surface area is 98.2 Å². The summed E-state index contributed by atoms with van der Waals surface area (Å²) in [7, 11) is 0. The van der Waals surface area contributed by atoms with E-state index in [1.165, 1.54) is 13.8 Å². The van der Waals surface area contributed by atoms with Crippen molar-refractivity contribution in [2.45, 2.75) is 24.3 Å². The topological polar surface area (TPSA) is 52.6 Å². The Hall–Kier alpha value is -0.790. The maximum atomic E-state index is 12.6. The third kappa shape index (κ3) is 2.87. The molecule has 0 unspecified atom stereocenters. The van der Waals surface area contributed by atoms with Gasteiger partial charge < -0.3 is 9.47 Å². The van der Waals surface area contributed by atoms with Crippen molar-refractivity contribution in [1.29, 1.82) is 0 Å². The molecule has 16 heavy (non-hydrogen) atoms. The first-order valence-electron chi connectivity index (χ1n) is 4.31. The van der Waals surface area contributed by atoms with Crippen LogP contribution in [-0.4, -0.2) is 35.7 Å². The second kappa shape index (κ2) is 5.51. The number of hydrogen-bond acceptors (Lipinski definition) is 4. The van der Waals surface area contributed by atoms with Crippen LogP contribution in [0.2, 0.25) is 0 Å². The molecule has 0 spiro atoms. The average molecular weight is 307 g/mol. The molecule has 4 nitrogen and oxygen atoms in total. The minimum atomic E-state index is -5.13. The summed E-state index contributed by atoms with van der Waals surface area (Å²) in [6.45, 7) is 2.10. The molecule has 0 amide bonds. The number of carbonyl (C=O) groups excluding carboxylic acids is 2. The number of halogens is 4. The van der Waals surface area contributed by atoms with Crippen LogP contribution >= 0.6 is 15.9 Å². The van der Waals surface area contributed by atoms with Crippen molar-refractivity contribution < 1.29 is 32.2 Å². The third-order valence-corrected chi connectivity index (χ3v) is 2.60. The van der Waals surface area contributed by atoms with E-state index in [0.29, 0.717) is 0 Å². The van der Waals surface area contributed by atoms with E-state index in [9.17, 15) is 22.8 Å². The van der Waals surface area contributed by atoms with E-state index in [1.807, 2.05) is 0 Å². The highest BCUT2D eigenvalue weighted by molar-refractivity contribution is 9.10. The van der Waals surface area contributed by atoms with Crippen LogP contribution in [0.1, 0.15) is 13.8 Å². The summed E-state index contributed by atoms with van der Waals surface area (Å²) in [5, 5.41) is 0. The van der Waals surface area contributed by atoms with Gasteiger partial charge in [-0.1, -0.05) is 0 Å². The maximum Gasteiger partial charge on any atom is 0.425 e. The Balaban J connectivity index is 5.20. The van der Waals surface area contributed by atoms with Gasteiger partial charge in [-0.25, -0.2) is 9.59 Å². The van der Waals surface area contributed by atoms with Crippen molar-refractivity contribution in [2.24, 2.45) is 0 Å². The molecule has 0 saturated carbocycles. The van der Waals surface area contributed by atoms with Crippen molar-refractivity contribution in [2.75, 3.05) is 13.2 Å². The fraction of sp³-hybridized carbons (Fsp3) is 0.750. The minimum absolute atomic E-state index is 0.276. The molecule has 0 aliphatic heterocycles. The van der Waals surface area contributed by atoms with Crippen molar-refractivity contribution in [3.63, 3.8) is 0 Å². The summed E-state index contributed by atoms with van der Waals surface area (Å²) in [4.78, 5) is 22.3. The SMILES string of the molecule is CCOC(=O)C(Br)(C(=O)OCC)C(F)(F)F. The van der Waals surface area contributed by atoms with Gasteiger partial charge in [0, 0.05) is 0 Å². The predicted molar refractivity (Wildman–Crippen MR) is 51.0 cm³/mol. The van der Waals surface area contributed by atoms with E-state index in [0.717, 1.165) is 0 Å². The molecule has 0 aromatic rings. The highest BCUT2D eigenvalue weighted by Gasteiger charge is 2.67. The zero-order chi connectivity index (χ0) is 13.0. The van der Waals surface area contributed by atoms with Gasteiger partial charge in [-0.05, 0) is 29.8 Å². The van der Waals surface area contributed by atoms with Crippen LogP contribution in [0.15, 0.2) is 0 Å². The molecule has 0 heterocycles. The molecular weight excluding hydrogens is 297 g/mol. The zero-order valence-electron chi connectivity index (χ0n) is 8.56. The highest BCUT2D eigenvalue weighted by atomic mass is 79.9. The van der Waals surface area contributed by atoms with Gasteiger partial charge >= 0.3 is 22.4 Å². The van der Waals surface area contributed by atoms with Crippen LogP contribution in [-0.2, 0) is 19.1 Å². The van der Waals surface area contributed by atoms with Crippen LogP contribution in [0.3, 0.4) is 0 Å². The normalized spacial score (nSPS) is 12.1. The van der Waals surface area contributed by atoms with Crippen LogP contribution in [0, 0.1) is 0 Å². The lowest BCUT2D eigenvalue weighted by Gasteiger charge is -2.25. The lowest BCUT2D eigenvalue weighted by Crippen LogP contribution is -2.54. The van der Waals surface area contributed by atoms with E-state index in [1.54, 1.807) is 0 Å². The molecule has 0 aromatic carbocycles. The molecule has 0 N–H and O–H groups in total. The molecule has 8 heteroatoms. The summed E-state index contributed by atoms with van der Waals surface area (Å²) in [6.07, 6.45) is -5.13. The Morgan fingerprint density at radius 2 is 1.38 bits per heavy atom. The second-order valence-electron chi connectivity index (χ2n) is 2.60.